The minimum atomic E-state index is -0.521. The Morgan fingerprint density at radius 2 is 1.17 bits per heavy atom. The summed E-state index contributed by atoms with van der Waals surface area (Å²) in [5, 5.41) is 0. The second-order valence-corrected chi connectivity index (χ2v) is 11.0. The first-order valence-electron chi connectivity index (χ1n) is 15.1. The Balaban J connectivity index is 1.73. The number of hydrogen-bond acceptors (Lipinski definition) is 9. The Kier molecular flexibility index (Phi) is 13.3. The zero-order valence-electron chi connectivity index (χ0n) is 27.0. The van der Waals surface area contributed by atoms with Crippen molar-refractivity contribution < 1.29 is 42.9 Å². The molecule has 0 fully saturated rings. The molecule has 246 valence electrons. The normalized spacial score (nSPS) is 10.7. The van der Waals surface area contributed by atoms with Crippen molar-refractivity contribution in [3.05, 3.63) is 126 Å². The van der Waals surface area contributed by atoms with Gasteiger partial charge in [0.2, 0.25) is 0 Å². The lowest BCUT2D eigenvalue weighted by molar-refractivity contribution is -0.138. The van der Waals surface area contributed by atoms with Gasteiger partial charge in [-0.1, -0.05) is 70.0 Å². The zero-order chi connectivity index (χ0) is 34.4. The molecule has 0 atom stereocenters. The van der Waals surface area contributed by atoms with Gasteiger partial charge in [-0.3, -0.25) is 4.79 Å². The Morgan fingerprint density at radius 1 is 0.681 bits per heavy atom. The first-order valence-corrected chi connectivity index (χ1v) is 15.1. The van der Waals surface area contributed by atoms with E-state index in [2.05, 4.69) is 33.6 Å². The number of carbonyl (C=O) groups excluding carboxylic acids is 4. The lowest BCUT2D eigenvalue weighted by Crippen LogP contribution is -2.19. The summed E-state index contributed by atoms with van der Waals surface area (Å²) < 4.78 is 27.1. The van der Waals surface area contributed by atoms with E-state index in [1.807, 2.05) is 24.3 Å². The quantitative estimate of drug-likeness (QED) is 0.0491. The smallest absolute Gasteiger partial charge is 0.338 e. The predicted molar refractivity (Wildman–Crippen MR) is 178 cm³/mol. The molecular formula is C38H40O9. The summed E-state index contributed by atoms with van der Waals surface area (Å²) in [5.74, 6) is -0.514. The molecule has 3 rings (SSSR count). The average Bonchev–Trinajstić information content (AvgIpc) is 3.07. The third kappa shape index (κ3) is 10.6. The Morgan fingerprint density at radius 3 is 1.68 bits per heavy atom. The van der Waals surface area contributed by atoms with Crippen LogP contribution >= 0.6 is 0 Å². The van der Waals surface area contributed by atoms with E-state index in [4.69, 9.17) is 23.7 Å². The molecule has 9 nitrogen and oxygen atoms in total. The van der Waals surface area contributed by atoms with Crippen LogP contribution in [0.3, 0.4) is 0 Å². The monoisotopic (exact) mass is 640 g/mol. The summed E-state index contributed by atoms with van der Waals surface area (Å²) in [7, 11) is 0. The van der Waals surface area contributed by atoms with Crippen LogP contribution in [0.4, 0.5) is 0 Å². The molecule has 0 aliphatic heterocycles. The van der Waals surface area contributed by atoms with Crippen LogP contribution in [0.15, 0.2) is 104 Å². The van der Waals surface area contributed by atoms with E-state index in [9.17, 15) is 19.2 Å². The van der Waals surface area contributed by atoms with Gasteiger partial charge in [-0.15, -0.1) is 0 Å². The van der Waals surface area contributed by atoms with E-state index >= 15 is 0 Å². The van der Waals surface area contributed by atoms with Crippen molar-refractivity contribution in [3.63, 3.8) is 0 Å². The number of hydrogen-bond donors (Lipinski definition) is 0. The lowest BCUT2D eigenvalue weighted by atomic mass is 9.78. The van der Waals surface area contributed by atoms with Crippen molar-refractivity contribution in [2.24, 2.45) is 0 Å². The molecule has 0 unspecified atom stereocenters. The Bertz CT molecular complexity index is 1600. The molecule has 0 saturated carbocycles. The maximum absolute atomic E-state index is 13.5. The minimum absolute atomic E-state index is 0.142. The van der Waals surface area contributed by atoms with Gasteiger partial charge in [-0.25, -0.2) is 14.4 Å². The van der Waals surface area contributed by atoms with Crippen molar-refractivity contribution in [1.29, 1.82) is 0 Å². The van der Waals surface area contributed by atoms with Crippen LogP contribution in [-0.4, -0.2) is 50.1 Å². The molecule has 0 spiro atoms. The van der Waals surface area contributed by atoms with Gasteiger partial charge in [0.25, 0.3) is 0 Å². The van der Waals surface area contributed by atoms with Gasteiger partial charge in [0.1, 0.15) is 5.75 Å². The molecule has 3 aromatic carbocycles. The van der Waals surface area contributed by atoms with Crippen LogP contribution in [0.25, 0.3) is 0 Å². The first-order chi connectivity index (χ1) is 22.5. The van der Waals surface area contributed by atoms with Gasteiger partial charge < -0.3 is 23.7 Å². The maximum atomic E-state index is 13.5. The van der Waals surface area contributed by atoms with E-state index in [0.717, 1.165) is 23.3 Å². The molecule has 0 aliphatic rings. The topological polar surface area (TPSA) is 114 Å². The van der Waals surface area contributed by atoms with Crippen molar-refractivity contribution in [3.8, 4) is 17.2 Å². The molecule has 0 aliphatic carbocycles. The second-order valence-electron chi connectivity index (χ2n) is 11.0. The van der Waals surface area contributed by atoms with Crippen LogP contribution in [0.1, 0.15) is 60.7 Å². The van der Waals surface area contributed by atoms with E-state index in [1.165, 1.54) is 0 Å². The third-order valence-electron chi connectivity index (χ3n) is 7.12. The average molecular weight is 641 g/mol. The summed E-state index contributed by atoms with van der Waals surface area (Å²) in [5.41, 5.74) is 2.81. The molecule has 0 radical (unpaired) electrons. The maximum Gasteiger partial charge on any atom is 0.338 e. The molecule has 0 N–H and O–H groups in total. The first kappa shape index (κ1) is 36.0. The van der Waals surface area contributed by atoms with Crippen LogP contribution in [-0.2, 0) is 29.3 Å². The SMILES string of the molecule is C=CC(=O)OCCCOc1ccc(C(=O)c2ccc(C(C)(C)c3ccc(OC(=O)C(=C)C)cc3)cc2)cc1OCCCOC(=O)C=C. The van der Waals surface area contributed by atoms with Crippen molar-refractivity contribution in [1.82, 2.24) is 0 Å². The number of benzene rings is 3. The third-order valence-corrected chi connectivity index (χ3v) is 7.12. The molecule has 0 bridgehead atoms. The molecular weight excluding hydrogens is 600 g/mol. The lowest BCUT2D eigenvalue weighted by Gasteiger charge is -2.26. The summed E-state index contributed by atoms with van der Waals surface area (Å²) >= 11 is 0. The fourth-order valence-electron chi connectivity index (χ4n) is 4.33. The molecule has 9 heteroatoms. The molecule has 0 aromatic heterocycles. The van der Waals surface area contributed by atoms with E-state index in [1.54, 1.807) is 49.4 Å². The van der Waals surface area contributed by atoms with Crippen LogP contribution in [0.5, 0.6) is 17.2 Å². The highest BCUT2D eigenvalue weighted by Crippen LogP contribution is 2.34. The van der Waals surface area contributed by atoms with Crippen molar-refractivity contribution in [2.45, 2.75) is 39.0 Å². The summed E-state index contributed by atoms with van der Waals surface area (Å²) in [6, 6.07) is 19.6. The van der Waals surface area contributed by atoms with E-state index in [0.29, 0.717) is 46.8 Å². The van der Waals surface area contributed by atoms with Crippen LogP contribution in [0, 0.1) is 0 Å². The number of esters is 3. The highest BCUT2D eigenvalue weighted by molar-refractivity contribution is 6.09. The number of ether oxygens (including phenoxy) is 5. The van der Waals surface area contributed by atoms with Crippen LogP contribution in [0.2, 0.25) is 0 Å². The molecule has 3 aromatic rings. The van der Waals surface area contributed by atoms with Gasteiger partial charge >= 0.3 is 17.9 Å². The van der Waals surface area contributed by atoms with Gasteiger partial charge in [0, 0.05) is 47.1 Å². The predicted octanol–water partition coefficient (Wildman–Crippen LogP) is 6.72. The Hall–Kier alpha value is -5.44. The summed E-state index contributed by atoms with van der Waals surface area (Å²) in [6.45, 7) is 16.8. The van der Waals surface area contributed by atoms with Crippen LogP contribution < -0.4 is 14.2 Å². The van der Waals surface area contributed by atoms with Gasteiger partial charge in [-0.2, -0.15) is 0 Å². The fourth-order valence-corrected chi connectivity index (χ4v) is 4.33. The van der Waals surface area contributed by atoms with Crippen molar-refractivity contribution >= 4 is 23.7 Å². The highest BCUT2D eigenvalue weighted by Gasteiger charge is 2.24. The Labute approximate surface area is 275 Å². The number of rotatable bonds is 18. The largest absolute Gasteiger partial charge is 0.490 e. The standard InChI is InChI=1S/C38H40O9/c1-7-34(39)45-23-9-21-43-32-20-13-28(25-33(32)44-22-10-24-46-35(40)8-2)36(41)27-11-14-29(15-12-27)38(5,6)30-16-18-31(19-17-30)47-37(42)26(3)4/h7-8,11-20,25H,1-3,9-10,21-24H2,4-6H3. The van der Waals surface area contributed by atoms with Crippen molar-refractivity contribution in [2.75, 3.05) is 26.4 Å². The molecule has 0 heterocycles. The van der Waals surface area contributed by atoms with E-state index in [-0.39, 0.29) is 32.2 Å². The summed E-state index contributed by atoms with van der Waals surface area (Å²) in [6.07, 6.45) is 3.03. The number of carbonyl (C=O) groups is 4. The highest BCUT2D eigenvalue weighted by atomic mass is 16.5. The number of ketones is 1. The van der Waals surface area contributed by atoms with Gasteiger partial charge in [-0.05, 0) is 48.4 Å². The van der Waals surface area contributed by atoms with Gasteiger partial charge in [0.05, 0.1) is 26.4 Å². The molecule has 0 amide bonds. The molecule has 0 saturated heterocycles. The second kappa shape index (κ2) is 17.3. The zero-order valence-corrected chi connectivity index (χ0v) is 27.0. The fraction of sp³-hybridized carbons (Fsp3) is 0.263. The summed E-state index contributed by atoms with van der Waals surface area (Å²) in [4.78, 5) is 47.9. The minimum Gasteiger partial charge on any atom is -0.490 e. The van der Waals surface area contributed by atoms with E-state index < -0.39 is 23.3 Å². The van der Waals surface area contributed by atoms with Gasteiger partial charge in [0.15, 0.2) is 17.3 Å². The molecule has 47 heavy (non-hydrogen) atoms.